The monoisotopic (exact) mass is 374 g/mol. The molecule has 6 rings (SSSR count). The summed E-state index contributed by atoms with van der Waals surface area (Å²) >= 11 is 0. The summed E-state index contributed by atoms with van der Waals surface area (Å²) < 4.78 is 0. The minimum absolute atomic E-state index is 0.381. The number of hydrogen-bond acceptors (Lipinski definition) is 0. The summed E-state index contributed by atoms with van der Waals surface area (Å²) in [5.41, 5.74) is 5.51. The minimum atomic E-state index is 0.381. The van der Waals surface area contributed by atoms with E-state index in [-0.39, 0.29) is 0 Å². The van der Waals surface area contributed by atoms with Crippen molar-refractivity contribution in [2.24, 2.45) is 0 Å². The van der Waals surface area contributed by atoms with Crippen LogP contribution in [-0.2, 0) is 0 Å². The molecule has 0 aromatic heterocycles. The fourth-order valence-corrected chi connectivity index (χ4v) is 5.65. The summed E-state index contributed by atoms with van der Waals surface area (Å²) in [5.74, 6) is 2.73. The lowest BCUT2D eigenvalue weighted by Gasteiger charge is -2.17. The molecule has 2 aliphatic rings. The van der Waals surface area contributed by atoms with Crippen molar-refractivity contribution in [3.05, 3.63) is 108 Å². The zero-order valence-corrected chi connectivity index (χ0v) is 16.4. The van der Waals surface area contributed by atoms with Crippen molar-refractivity contribution in [3.8, 4) is 11.1 Å². The Bertz CT molecular complexity index is 1330. The predicted molar refractivity (Wildman–Crippen MR) is 125 cm³/mol. The van der Waals surface area contributed by atoms with Gasteiger partial charge < -0.3 is 0 Å². The van der Waals surface area contributed by atoms with Gasteiger partial charge >= 0.3 is 0 Å². The van der Waals surface area contributed by atoms with Gasteiger partial charge in [0.25, 0.3) is 0 Å². The van der Waals surface area contributed by atoms with Gasteiger partial charge in [-0.05, 0) is 49.1 Å². The molecule has 28 heavy (non-hydrogen) atoms. The Hall–Kier alpha value is -2.95. The van der Waals surface area contributed by atoms with E-state index in [0.29, 0.717) is 14.5 Å². The molecule has 1 aliphatic carbocycles. The van der Waals surface area contributed by atoms with Crippen LogP contribution in [0.2, 0.25) is 0 Å². The zero-order chi connectivity index (χ0) is 18.5. The summed E-state index contributed by atoms with van der Waals surface area (Å²) in [7, 11) is 0.696. The molecule has 0 spiro atoms. The molecule has 1 unspecified atom stereocenters. The molecule has 132 valence electrons. The Balaban J connectivity index is 1.69. The van der Waals surface area contributed by atoms with Gasteiger partial charge in [-0.2, -0.15) is 0 Å². The fourth-order valence-electron chi connectivity index (χ4n) is 4.63. The molecule has 0 bridgehead atoms. The first-order valence-electron chi connectivity index (χ1n) is 9.76. The van der Waals surface area contributed by atoms with Crippen LogP contribution in [0.4, 0.5) is 0 Å². The highest BCUT2D eigenvalue weighted by Gasteiger charge is 2.18. The predicted octanol–water partition coefficient (Wildman–Crippen LogP) is 7.16. The van der Waals surface area contributed by atoms with Crippen molar-refractivity contribution in [3.63, 3.8) is 0 Å². The van der Waals surface area contributed by atoms with Crippen LogP contribution in [0.3, 0.4) is 0 Å². The first kappa shape index (κ1) is 16.0. The molecule has 4 aromatic rings. The molecular weight excluding hydrogens is 355 g/mol. The first-order chi connectivity index (χ1) is 13.9. The molecular formula is C27H19P. The van der Waals surface area contributed by atoms with Gasteiger partial charge in [0.15, 0.2) is 0 Å². The van der Waals surface area contributed by atoms with E-state index in [0.717, 1.165) is 0 Å². The lowest BCUT2D eigenvalue weighted by Crippen LogP contribution is -2.01. The van der Waals surface area contributed by atoms with E-state index in [4.69, 9.17) is 0 Å². The van der Waals surface area contributed by atoms with Crippen molar-refractivity contribution < 1.29 is 0 Å². The molecule has 0 fully saturated rings. The Kier molecular flexibility index (Phi) is 3.61. The maximum atomic E-state index is 2.35. The lowest BCUT2D eigenvalue weighted by molar-refractivity contribution is 1.12. The molecule has 0 N–H and O–H groups in total. The topological polar surface area (TPSA) is 0 Å². The molecule has 1 heteroatoms. The molecule has 0 radical (unpaired) electrons. The number of fused-ring (bicyclic) bond motifs is 7. The molecule has 1 atom stereocenters. The highest BCUT2D eigenvalue weighted by molar-refractivity contribution is 7.51. The number of allylic oxidation sites excluding steroid dienone is 4. The lowest BCUT2D eigenvalue weighted by atomic mass is 9.87. The van der Waals surface area contributed by atoms with E-state index in [2.05, 4.69) is 103 Å². The first-order valence-corrected chi connectivity index (χ1v) is 10.8. The summed E-state index contributed by atoms with van der Waals surface area (Å²) in [6.07, 6.45) is 11.2. The zero-order valence-electron chi connectivity index (χ0n) is 15.4. The van der Waals surface area contributed by atoms with Crippen LogP contribution in [0.5, 0.6) is 0 Å². The number of benzene rings is 4. The highest BCUT2D eigenvalue weighted by atomic mass is 31.1. The van der Waals surface area contributed by atoms with Gasteiger partial charge in [0, 0.05) is 5.92 Å². The second-order valence-corrected chi connectivity index (χ2v) is 8.61. The van der Waals surface area contributed by atoms with E-state index >= 15 is 0 Å². The van der Waals surface area contributed by atoms with Crippen LogP contribution in [0.25, 0.3) is 38.7 Å². The second kappa shape index (κ2) is 6.30. The molecule has 0 saturated carbocycles. The van der Waals surface area contributed by atoms with E-state index in [1.165, 1.54) is 49.1 Å². The molecule has 0 nitrogen and oxygen atoms in total. The standard InChI is InChI=1S/C27H19P/c1-2-7-18(6-1)20-10-5-11-22-23(20)13-14-25-24(22)16-17-28-26-15-12-19-8-3-4-9-21(19)27(25)26/h1-18,28H. The van der Waals surface area contributed by atoms with Gasteiger partial charge in [0.2, 0.25) is 0 Å². The van der Waals surface area contributed by atoms with Crippen molar-refractivity contribution in [1.29, 1.82) is 0 Å². The summed E-state index contributed by atoms with van der Waals surface area (Å²) in [4.78, 5) is 0. The van der Waals surface area contributed by atoms with Crippen molar-refractivity contribution in [1.82, 2.24) is 0 Å². The maximum Gasteiger partial charge on any atom is 0.0211 e. The highest BCUT2D eigenvalue weighted by Crippen LogP contribution is 2.41. The van der Waals surface area contributed by atoms with Gasteiger partial charge in [0.05, 0.1) is 0 Å². The maximum absolute atomic E-state index is 2.35. The molecule has 1 heterocycles. The third kappa shape index (κ3) is 2.35. The van der Waals surface area contributed by atoms with Gasteiger partial charge in [0.1, 0.15) is 0 Å². The summed E-state index contributed by atoms with van der Waals surface area (Å²) in [6.45, 7) is 0. The molecule has 0 saturated heterocycles. The van der Waals surface area contributed by atoms with Gasteiger partial charge in [-0.1, -0.05) is 112 Å². The smallest absolute Gasteiger partial charge is 0.0211 e. The minimum Gasteiger partial charge on any atom is -0.0732 e. The van der Waals surface area contributed by atoms with Crippen LogP contribution >= 0.6 is 8.58 Å². The van der Waals surface area contributed by atoms with Crippen molar-refractivity contribution in [2.75, 3.05) is 0 Å². The van der Waals surface area contributed by atoms with Crippen LogP contribution in [-0.4, -0.2) is 0 Å². The van der Waals surface area contributed by atoms with E-state index in [1.54, 1.807) is 0 Å². The van der Waals surface area contributed by atoms with Gasteiger partial charge in [-0.3, -0.25) is 0 Å². The average Bonchev–Trinajstić information content (AvgIpc) is 3.20. The third-order valence-corrected chi connectivity index (χ3v) is 6.99. The van der Waals surface area contributed by atoms with Crippen molar-refractivity contribution in [2.45, 2.75) is 5.92 Å². The molecule has 4 aromatic carbocycles. The quantitative estimate of drug-likeness (QED) is 0.310. The number of rotatable bonds is 1. The van der Waals surface area contributed by atoms with Crippen LogP contribution in [0, 0.1) is 0 Å². The SMILES string of the molecule is C1=CC(c2cccc3c4c(ccc23)-c2c(ccc3ccccc23)PC=C4)C=C1. The normalized spacial score (nSPS) is 16.0. The fraction of sp³-hybridized carbons (Fsp3) is 0.0370. The van der Waals surface area contributed by atoms with Gasteiger partial charge in [-0.25, -0.2) is 0 Å². The van der Waals surface area contributed by atoms with Crippen molar-refractivity contribution >= 4 is 41.5 Å². The Labute approximate surface area is 166 Å². The second-order valence-electron chi connectivity index (χ2n) is 7.45. The van der Waals surface area contributed by atoms with Crippen LogP contribution < -0.4 is 5.30 Å². The number of hydrogen-bond donors (Lipinski definition) is 0. The Morgan fingerprint density at radius 2 is 1.54 bits per heavy atom. The van der Waals surface area contributed by atoms with E-state index < -0.39 is 0 Å². The van der Waals surface area contributed by atoms with E-state index in [1.807, 2.05) is 0 Å². The molecule has 1 aliphatic heterocycles. The third-order valence-electron chi connectivity index (χ3n) is 5.93. The average molecular weight is 374 g/mol. The largest absolute Gasteiger partial charge is 0.0732 e. The van der Waals surface area contributed by atoms with Gasteiger partial charge in [-0.15, -0.1) is 0 Å². The molecule has 0 amide bonds. The van der Waals surface area contributed by atoms with E-state index in [9.17, 15) is 0 Å². The van der Waals surface area contributed by atoms with Crippen LogP contribution in [0.15, 0.2) is 96.9 Å². The Morgan fingerprint density at radius 3 is 2.46 bits per heavy atom. The summed E-state index contributed by atoms with van der Waals surface area (Å²) in [6, 6.07) is 24.8. The Morgan fingerprint density at radius 1 is 0.679 bits per heavy atom. The summed E-state index contributed by atoms with van der Waals surface area (Å²) in [5, 5.41) is 6.82. The van der Waals surface area contributed by atoms with Crippen LogP contribution in [0.1, 0.15) is 17.0 Å².